The number of carbonyl (C=O) groups is 1. The molecule has 1 amide bonds. The van der Waals surface area contributed by atoms with Crippen molar-refractivity contribution < 1.29 is 9.18 Å². The predicted octanol–water partition coefficient (Wildman–Crippen LogP) is 3.48. The van der Waals surface area contributed by atoms with E-state index < -0.39 is 0 Å². The molecule has 0 aliphatic carbocycles. The van der Waals surface area contributed by atoms with E-state index in [2.05, 4.69) is 11.9 Å². The summed E-state index contributed by atoms with van der Waals surface area (Å²) in [5.74, 6) is 0.698. The summed E-state index contributed by atoms with van der Waals surface area (Å²) < 4.78 is 13.6. The van der Waals surface area contributed by atoms with Gasteiger partial charge in [-0.3, -0.25) is 4.79 Å². The van der Waals surface area contributed by atoms with Gasteiger partial charge in [-0.05, 0) is 63.2 Å². The average molecular weight is 332 g/mol. The first-order valence-corrected chi connectivity index (χ1v) is 9.36. The van der Waals surface area contributed by atoms with Crippen LogP contribution in [-0.4, -0.2) is 48.4 Å². The van der Waals surface area contributed by atoms with Crippen molar-refractivity contribution in [1.29, 1.82) is 0 Å². The van der Waals surface area contributed by atoms with Crippen molar-refractivity contribution in [2.45, 2.75) is 51.0 Å². The lowest BCUT2D eigenvalue weighted by Gasteiger charge is -2.42. The fourth-order valence-corrected chi connectivity index (χ4v) is 4.33. The Morgan fingerprint density at radius 2 is 1.88 bits per heavy atom. The monoisotopic (exact) mass is 332 g/mol. The van der Waals surface area contributed by atoms with Gasteiger partial charge in [-0.15, -0.1) is 0 Å². The topological polar surface area (TPSA) is 23.6 Å². The molecule has 0 bridgehead atoms. The largest absolute Gasteiger partial charge is 0.343 e. The summed E-state index contributed by atoms with van der Waals surface area (Å²) in [4.78, 5) is 16.9. The Hall–Kier alpha value is -1.42. The summed E-state index contributed by atoms with van der Waals surface area (Å²) in [7, 11) is 2.25. The SMILES string of the molecule is CN1CCCCC1C1CCN(C(=O)CCc2ccccc2F)CC1. The third-order valence-electron chi connectivity index (χ3n) is 5.83. The number of piperidine rings is 2. The van der Waals surface area contributed by atoms with Crippen LogP contribution in [0.1, 0.15) is 44.1 Å². The molecule has 2 aliphatic rings. The number of benzene rings is 1. The van der Waals surface area contributed by atoms with Gasteiger partial charge in [0.15, 0.2) is 0 Å². The first kappa shape index (κ1) is 17.4. The minimum atomic E-state index is -0.204. The van der Waals surface area contributed by atoms with Crippen LogP contribution in [0.2, 0.25) is 0 Å². The molecule has 0 saturated carbocycles. The number of carbonyl (C=O) groups excluding carboxylic acids is 1. The molecule has 2 fully saturated rings. The van der Waals surface area contributed by atoms with Gasteiger partial charge < -0.3 is 9.80 Å². The standard InChI is InChI=1S/C20H29FN2O/c1-22-13-5-4-8-19(22)17-11-14-23(15-12-17)20(24)10-9-16-6-2-3-7-18(16)21/h2-3,6-7,17,19H,4-5,8-15H2,1H3. The molecule has 1 aromatic rings. The molecule has 4 heteroatoms. The number of aryl methyl sites for hydroxylation is 1. The fraction of sp³-hybridized carbons (Fsp3) is 0.650. The minimum absolute atomic E-state index is 0.175. The van der Waals surface area contributed by atoms with Crippen molar-refractivity contribution in [2.75, 3.05) is 26.7 Å². The van der Waals surface area contributed by atoms with Crippen molar-refractivity contribution in [3.8, 4) is 0 Å². The summed E-state index contributed by atoms with van der Waals surface area (Å²) in [5.41, 5.74) is 0.643. The lowest BCUT2D eigenvalue weighted by Crippen LogP contribution is -2.47. The van der Waals surface area contributed by atoms with Crippen LogP contribution in [0.25, 0.3) is 0 Å². The van der Waals surface area contributed by atoms with Gasteiger partial charge in [0.05, 0.1) is 0 Å². The lowest BCUT2D eigenvalue weighted by molar-refractivity contribution is -0.132. The third kappa shape index (κ3) is 4.15. The minimum Gasteiger partial charge on any atom is -0.343 e. The van der Waals surface area contributed by atoms with Gasteiger partial charge >= 0.3 is 0 Å². The Balaban J connectivity index is 1.46. The zero-order valence-corrected chi connectivity index (χ0v) is 14.7. The van der Waals surface area contributed by atoms with Crippen LogP contribution in [0.5, 0.6) is 0 Å². The van der Waals surface area contributed by atoms with Gasteiger partial charge in [0.2, 0.25) is 5.91 Å². The summed E-state index contributed by atoms with van der Waals surface area (Å²) in [6, 6.07) is 7.46. The van der Waals surface area contributed by atoms with E-state index in [-0.39, 0.29) is 11.7 Å². The first-order chi connectivity index (χ1) is 11.6. The Kier molecular flexibility index (Phi) is 5.88. The second-order valence-corrected chi connectivity index (χ2v) is 7.35. The Labute approximate surface area is 144 Å². The lowest BCUT2D eigenvalue weighted by atomic mass is 9.84. The van der Waals surface area contributed by atoms with Crippen LogP contribution in [0, 0.1) is 11.7 Å². The Morgan fingerprint density at radius 1 is 1.12 bits per heavy atom. The molecule has 0 radical (unpaired) electrons. The van der Waals surface area contributed by atoms with E-state index in [1.54, 1.807) is 12.1 Å². The maximum atomic E-state index is 13.6. The molecule has 0 N–H and O–H groups in total. The smallest absolute Gasteiger partial charge is 0.222 e. The van der Waals surface area contributed by atoms with Crippen molar-refractivity contribution in [1.82, 2.24) is 9.80 Å². The number of nitrogens with zero attached hydrogens (tertiary/aromatic N) is 2. The van der Waals surface area contributed by atoms with Gasteiger partial charge in [-0.1, -0.05) is 24.6 Å². The van der Waals surface area contributed by atoms with Crippen LogP contribution in [-0.2, 0) is 11.2 Å². The first-order valence-electron chi connectivity index (χ1n) is 9.36. The molecule has 2 saturated heterocycles. The maximum Gasteiger partial charge on any atom is 0.222 e. The van der Waals surface area contributed by atoms with E-state index in [1.165, 1.54) is 31.9 Å². The highest BCUT2D eigenvalue weighted by molar-refractivity contribution is 5.76. The summed E-state index contributed by atoms with van der Waals surface area (Å²) in [6.45, 7) is 2.95. The summed E-state index contributed by atoms with van der Waals surface area (Å²) in [5, 5.41) is 0. The molecule has 3 rings (SSSR count). The molecule has 2 aliphatic heterocycles. The zero-order chi connectivity index (χ0) is 16.9. The molecular formula is C20H29FN2O. The van der Waals surface area contributed by atoms with Crippen molar-refractivity contribution in [3.63, 3.8) is 0 Å². The van der Waals surface area contributed by atoms with Gasteiger partial charge in [-0.2, -0.15) is 0 Å². The van der Waals surface area contributed by atoms with Gasteiger partial charge in [0, 0.05) is 25.6 Å². The van der Waals surface area contributed by atoms with Gasteiger partial charge in [0.25, 0.3) is 0 Å². The maximum absolute atomic E-state index is 13.6. The molecule has 132 valence electrons. The third-order valence-corrected chi connectivity index (χ3v) is 5.83. The van der Waals surface area contributed by atoms with Crippen LogP contribution in [0.3, 0.4) is 0 Å². The van der Waals surface area contributed by atoms with E-state index in [0.29, 0.717) is 24.4 Å². The van der Waals surface area contributed by atoms with E-state index in [0.717, 1.165) is 31.8 Å². The zero-order valence-electron chi connectivity index (χ0n) is 14.7. The molecule has 0 aromatic heterocycles. The highest BCUT2D eigenvalue weighted by Crippen LogP contribution is 2.29. The average Bonchev–Trinajstić information content (AvgIpc) is 2.61. The number of amides is 1. The van der Waals surface area contributed by atoms with Crippen molar-refractivity contribution in [3.05, 3.63) is 35.6 Å². The van der Waals surface area contributed by atoms with E-state index in [9.17, 15) is 9.18 Å². The number of hydrogen-bond acceptors (Lipinski definition) is 2. The van der Waals surface area contributed by atoms with Crippen LogP contribution >= 0.6 is 0 Å². The van der Waals surface area contributed by atoms with Gasteiger partial charge in [0.1, 0.15) is 5.82 Å². The van der Waals surface area contributed by atoms with E-state index >= 15 is 0 Å². The second kappa shape index (κ2) is 8.11. The quantitative estimate of drug-likeness (QED) is 0.843. The molecule has 1 atom stereocenters. The number of rotatable bonds is 4. The highest BCUT2D eigenvalue weighted by atomic mass is 19.1. The van der Waals surface area contributed by atoms with Crippen molar-refractivity contribution in [2.24, 2.45) is 5.92 Å². The van der Waals surface area contributed by atoms with E-state index in [4.69, 9.17) is 0 Å². The van der Waals surface area contributed by atoms with Crippen molar-refractivity contribution >= 4 is 5.91 Å². The molecule has 24 heavy (non-hydrogen) atoms. The molecule has 0 spiro atoms. The predicted molar refractivity (Wildman–Crippen MR) is 94.3 cm³/mol. The Morgan fingerprint density at radius 3 is 2.58 bits per heavy atom. The molecule has 3 nitrogen and oxygen atoms in total. The van der Waals surface area contributed by atoms with Crippen LogP contribution in [0.4, 0.5) is 4.39 Å². The van der Waals surface area contributed by atoms with Gasteiger partial charge in [-0.25, -0.2) is 4.39 Å². The normalized spacial score (nSPS) is 23.4. The van der Waals surface area contributed by atoms with E-state index in [1.807, 2.05) is 11.0 Å². The summed E-state index contributed by atoms with van der Waals surface area (Å²) in [6.07, 6.45) is 7.10. The fourth-order valence-electron chi connectivity index (χ4n) is 4.33. The number of hydrogen-bond donors (Lipinski definition) is 0. The molecule has 2 heterocycles. The summed E-state index contributed by atoms with van der Waals surface area (Å²) >= 11 is 0. The molecule has 1 unspecified atom stereocenters. The molecular weight excluding hydrogens is 303 g/mol. The Bertz CT molecular complexity index is 554. The second-order valence-electron chi connectivity index (χ2n) is 7.35. The highest BCUT2D eigenvalue weighted by Gasteiger charge is 2.31. The van der Waals surface area contributed by atoms with Crippen LogP contribution in [0.15, 0.2) is 24.3 Å². The van der Waals surface area contributed by atoms with Crippen LogP contribution < -0.4 is 0 Å². The molecule has 1 aromatic carbocycles. The number of likely N-dealkylation sites (tertiary alicyclic amines) is 2. The number of halogens is 1.